The van der Waals surface area contributed by atoms with E-state index in [9.17, 15) is 28.8 Å². The number of nitrogens with zero attached hydrogens (tertiary/aromatic N) is 7. The van der Waals surface area contributed by atoms with Crippen LogP contribution in [0.3, 0.4) is 0 Å². The van der Waals surface area contributed by atoms with Crippen molar-refractivity contribution in [2.45, 2.75) is 62.5 Å². The van der Waals surface area contributed by atoms with Crippen LogP contribution >= 0.6 is 0 Å². The fourth-order valence-corrected chi connectivity index (χ4v) is 9.22. The number of non-ortho nitro benzene ring substituents is 1. The number of aromatic nitrogens is 3. The number of alkyl halides is 1. The number of benzene rings is 3. The maximum absolute atomic E-state index is 17.1. The number of nitro groups is 1. The van der Waals surface area contributed by atoms with Gasteiger partial charge in [-0.2, -0.15) is 9.97 Å². The van der Waals surface area contributed by atoms with Gasteiger partial charge < -0.3 is 19.5 Å². The third kappa shape index (κ3) is 6.35. The molecular weight excluding hydrogens is 743 g/mol. The molecule has 2 bridgehead atoms. The van der Waals surface area contributed by atoms with E-state index in [2.05, 4.69) is 20.8 Å². The lowest BCUT2D eigenvalue weighted by atomic mass is 9.95. The average Bonchev–Trinajstić information content (AvgIpc) is 3.82. The highest BCUT2D eigenvalue weighted by molar-refractivity contribution is 6.03. The van der Waals surface area contributed by atoms with Crippen LogP contribution in [-0.2, 0) is 11.3 Å². The number of anilines is 1. The fourth-order valence-electron chi connectivity index (χ4n) is 9.22. The van der Waals surface area contributed by atoms with Crippen LogP contribution in [0.2, 0.25) is 0 Å². The number of amides is 1. The number of rotatable bonds is 8. The van der Waals surface area contributed by atoms with Crippen molar-refractivity contribution < 1.29 is 37.5 Å². The van der Waals surface area contributed by atoms with Gasteiger partial charge in [-0.3, -0.25) is 24.9 Å². The second kappa shape index (κ2) is 14.1. The molecule has 9 rings (SSSR count). The standard InChI is InChI=1S/C41H36F3N7O6/c1-2-30-33(43)11-6-24-14-29(52)15-31(34(24)30)36-35(44)37-32(17-45-36)38(47-39(46-37)57-22-41-12-3-13-49(41)18-25(42)16-41)48-19-27-9-10-28(20-48)50(27)40(53)56-21-23-4-7-26(8-5-23)51(54)55/h1,4-8,11,14-15,17,25,27-28,52H,3,9-10,12-13,16,18-22H2/t25-,27?,28?,41+/m1/s1. The highest BCUT2D eigenvalue weighted by Gasteiger charge is 2.50. The van der Waals surface area contributed by atoms with Crippen molar-refractivity contribution >= 4 is 39.3 Å². The lowest BCUT2D eigenvalue weighted by molar-refractivity contribution is -0.384. The molecule has 0 radical (unpaired) electrons. The van der Waals surface area contributed by atoms with Crippen molar-refractivity contribution in [2.24, 2.45) is 0 Å². The second-order valence-corrected chi connectivity index (χ2v) is 15.2. The Labute approximate surface area is 324 Å². The Bertz CT molecular complexity index is 2490. The number of hydrogen-bond donors (Lipinski definition) is 1. The smallest absolute Gasteiger partial charge is 0.410 e. The van der Waals surface area contributed by atoms with Crippen LogP contribution in [0.4, 0.5) is 29.5 Å². The number of ether oxygens (including phenoxy) is 2. The fraction of sp³-hybridized carbons (Fsp3) is 0.366. The monoisotopic (exact) mass is 779 g/mol. The lowest BCUT2D eigenvalue weighted by Crippen LogP contribution is -2.56. The summed E-state index contributed by atoms with van der Waals surface area (Å²) in [6, 6.07) is 10.4. The van der Waals surface area contributed by atoms with E-state index in [1.165, 1.54) is 54.7 Å². The predicted molar refractivity (Wildman–Crippen MR) is 202 cm³/mol. The molecule has 292 valence electrons. The largest absolute Gasteiger partial charge is 0.508 e. The average molecular weight is 780 g/mol. The summed E-state index contributed by atoms with van der Waals surface area (Å²) in [7, 11) is 0. The Hall–Kier alpha value is -6.21. The minimum atomic E-state index is -0.990. The van der Waals surface area contributed by atoms with E-state index in [-0.39, 0.29) is 75.9 Å². The lowest BCUT2D eigenvalue weighted by Gasteiger charge is -2.41. The van der Waals surface area contributed by atoms with E-state index >= 15 is 4.39 Å². The van der Waals surface area contributed by atoms with Gasteiger partial charge in [-0.25, -0.2) is 18.0 Å². The molecule has 57 heavy (non-hydrogen) atoms. The Balaban J connectivity index is 1.07. The van der Waals surface area contributed by atoms with Crippen molar-refractivity contribution in [3.05, 3.63) is 87.6 Å². The molecule has 6 heterocycles. The van der Waals surface area contributed by atoms with Crippen molar-refractivity contribution in [1.29, 1.82) is 0 Å². The van der Waals surface area contributed by atoms with Crippen molar-refractivity contribution in [3.63, 3.8) is 0 Å². The Morgan fingerprint density at radius 2 is 1.86 bits per heavy atom. The van der Waals surface area contributed by atoms with Crippen LogP contribution in [0.25, 0.3) is 32.9 Å². The predicted octanol–water partition coefficient (Wildman–Crippen LogP) is 6.66. The molecule has 0 aliphatic carbocycles. The van der Waals surface area contributed by atoms with Crippen LogP contribution in [-0.4, -0.2) is 97.5 Å². The zero-order valence-electron chi connectivity index (χ0n) is 30.5. The molecule has 2 unspecified atom stereocenters. The van der Waals surface area contributed by atoms with Crippen LogP contribution in [0, 0.1) is 34.1 Å². The summed E-state index contributed by atoms with van der Waals surface area (Å²) in [5.41, 5.74) is -0.396. The Morgan fingerprint density at radius 3 is 2.60 bits per heavy atom. The number of hydrogen-bond acceptors (Lipinski definition) is 11. The second-order valence-electron chi connectivity index (χ2n) is 15.2. The molecule has 4 aliphatic rings. The Kier molecular flexibility index (Phi) is 8.99. The van der Waals surface area contributed by atoms with Gasteiger partial charge in [0.15, 0.2) is 5.82 Å². The van der Waals surface area contributed by atoms with Crippen LogP contribution in [0.1, 0.15) is 43.2 Å². The minimum Gasteiger partial charge on any atom is -0.508 e. The number of carbonyl (C=O) groups is 1. The molecule has 4 aliphatic heterocycles. The summed E-state index contributed by atoms with van der Waals surface area (Å²) in [5.74, 6) is 0.910. The third-order valence-electron chi connectivity index (χ3n) is 11.8. The highest BCUT2D eigenvalue weighted by atomic mass is 19.1. The molecule has 13 nitrogen and oxygen atoms in total. The van der Waals surface area contributed by atoms with E-state index < -0.39 is 34.4 Å². The van der Waals surface area contributed by atoms with Gasteiger partial charge in [0.1, 0.15) is 48.0 Å². The molecule has 4 saturated heterocycles. The van der Waals surface area contributed by atoms with Gasteiger partial charge in [0.2, 0.25) is 0 Å². The molecule has 0 saturated carbocycles. The quantitative estimate of drug-likeness (QED) is 0.102. The minimum absolute atomic E-state index is 0.0625. The van der Waals surface area contributed by atoms with E-state index in [0.29, 0.717) is 55.7 Å². The van der Waals surface area contributed by atoms with Crippen LogP contribution in [0.15, 0.2) is 54.7 Å². The number of halogens is 3. The molecule has 5 aromatic rings. The summed E-state index contributed by atoms with van der Waals surface area (Å²) in [5, 5.41) is 22.5. The molecule has 4 fully saturated rings. The maximum Gasteiger partial charge on any atom is 0.410 e. The first kappa shape index (κ1) is 36.4. The summed E-state index contributed by atoms with van der Waals surface area (Å²) in [4.78, 5) is 43.5. The third-order valence-corrected chi connectivity index (χ3v) is 11.8. The normalized spacial score (nSPS) is 22.9. The highest BCUT2D eigenvalue weighted by Crippen LogP contribution is 2.43. The van der Waals surface area contributed by atoms with Gasteiger partial charge in [0, 0.05) is 55.3 Å². The number of piperazine rings is 1. The number of pyridine rings is 1. The van der Waals surface area contributed by atoms with E-state index in [0.717, 1.165) is 19.4 Å². The molecule has 3 aromatic carbocycles. The summed E-state index contributed by atoms with van der Waals surface area (Å²) in [6.45, 7) is 1.74. The van der Waals surface area contributed by atoms with Crippen molar-refractivity contribution in [3.8, 4) is 35.4 Å². The molecule has 0 spiro atoms. The van der Waals surface area contributed by atoms with Gasteiger partial charge in [0.25, 0.3) is 5.69 Å². The summed E-state index contributed by atoms with van der Waals surface area (Å²) in [6.07, 6.45) is 8.92. The summed E-state index contributed by atoms with van der Waals surface area (Å²) >= 11 is 0. The van der Waals surface area contributed by atoms with Gasteiger partial charge in [-0.05, 0) is 73.5 Å². The molecule has 16 heteroatoms. The van der Waals surface area contributed by atoms with E-state index in [1.54, 1.807) is 4.90 Å². The molecule has 2 aromatic heterocycles. The zero-order chi connectivity index (χ0) is 39.6. The number of phenolic OH excluding ortho intramolecular Hbond substituents is 1. The number of carbonyl (C=O) groups excluding carboxylic acids is 1. The number of aromatic hydroxyl groups is 1. The van der Waals surface area contributed by atoms with Crippen molar-refractivity contribution in [1.82, 2.24) is 24.8 Å². The first-order chi connectivity index (χ1) is 27.5. The van der Waals surface area contributed by atoms with Crippen LogP contribution < -0.4 is 9.64 Å². The van der Waals surface area contributed by atoms with Crippen LogP contribution in [0.5, 0.6) is 11.8 Å². The first-order valence-corrected chi connectivity index (χ1v) is 18.8. The maximum atomic E-state index is 17.1. The number of nitro benzene ring substituents is 1. The topological polar surface area (TPSA) is 147 Å². The van der Waals surface area contributed by atoms with Gasteiger partial charge in [-0.1, -0.05) is 12.0 Å². The number of fused-ring (bicyclic) bond motifs is 5. The first-order valence-electron chi connectivity index (χ1n) is 18.8. The number of terminal acetylenes is 1. The van der Waals surface area contributed by atoms with Gasteiger partial charge >= 0.3 is 12.1 Å². The molecular formula is C41H36F3N7O6. The molecule has 1 amide bonds. The molecule has 4 atom stereocenters. The molecule has 1 N–H and O–H groups in total. The van der Waals surface area contributed by atoms with E-state index in [4.69, 9.17) is 20.9 Å². The zero-order valence-corrected chi connectivity index (χ0v) is 30.5. The van der Waals surface area contributed by atoms with Crippen molar-refractivity contribution in [2.75, 3.05) is 37.7 Å². The van der Waals surface area contributed by atoms with E-state index in [1.807, 2.05) is 4.90 Å². The van der Waals surface area contributed by atoms with Gasteiger partial charge in [-0.15, -0.1) is 6.42 Å². The van der Waals surface area contributed by atoms with Gasteiger partial charge in [0.05, 0.1) is 33.5 Å². The SMILES string of the molecule is C#Cc1c(F)ccc2cc(O)cc(-c3ncc4c(N5CC6CCC(C5)N6C(=O)OCc5ccc([N+](=O)[O-])cc5)nc(OC[C@@]56CCCN5C[C@H](F)C6)nc4c3F)c12. The summed E-state index contributed by atoms with van der Waals surface area (Å²) < 4.78 is 58.6. The number of phenols is 1. The Morgan fingerprint density at radius 1 is 1.09 bits per heavy atom.